The van der Waals surface area contributed by atoms with Gasteiger partial charge in [0.15, 0.2) is 5.71 Å². The summed E-state index contributed by atoms with van der Waals surface area (Å²) < 4.78 is 2.41. The number of nitrogens with one attached hydrogen (secondary N) is 1. The van der Waals surface area contributed by atoms with Crippen LogP contribution in [0.1, 0.15) is 52.0 Å². The third-order valence-corrected chi connectivity index (χ3v) is 6.02. The van der Waals surface area contributed by atoms with Gasteiger partial charge in [-0.25, -0.2) is 0 Å². The van der Waals surface area contributed by atoms with E-state index in [1.165, 1.54) is 29.1 Å². The van der Waals surface area contributed by atoms with E-state index in [1.807, 2.05) is 0 Å². The van der Waals surface area contributed by atoms with Crippen LogP contribution >= 0.6 is 0 Å². The Labute approximate surface area is 188 Å². The Morgan fingerprint density at radius 3 is 2.43 bits per heavy atom. The Bertz CT molecular complexity index is 871. The summed E-state index contributed by atoms with van der Waals surface area (Å²) in [6.45, 7) is 8.22. The van der Waals surface area contributed by atoms with Crippen LogP contribution in [0.15, 0.2) is 36.4 Å². The number of fused-ring (bicyclic) bond motifs is 1. The zero-order valence-electron chi connectivity index (χ0n) is 17.9. The molecule has 1 aromatic carbocycles. The van der Waals surface area contributed by atoms with Gasteiger partial charge in [-0.15, -0.1) is 0 Å². The molecule has 0 saturated heterocycles. The first-order valence-corrected chi connectivity index (χ1v) is 10.3. The number of hydrogen-bond donors (Lipinski definition) is 1. The van der Waals surface area contributed by atoms with Crippen molar-refractivity contribution in [1.82, 2.24) is 10.2 Å². The third-order valence-electron chi connectivity index (χ3n) is 6.02. The van der Waals surface area contributed by atoms with Gasteiger partial charge in [0.2, 0.25) is 11.6 Å². The van der Waals surface area contributed by atoms with Crippen molar-refractivity contribution < 1.29 is 35.9 Å². The van der Waals surface area contributed by atoms with Crippen LogP contribution < -0.4 is 22.3 Å². The second kappa shape index (κ2) is 10.2. The minimum absolute atomic E-state index is 0. The van der Waals surface area contributed by atoms with E-state index in [4.69, 9.17) is 0 Å². The van der Waals surface area contributed by atoms with Crippen molar-refractivity contribution in [2.24, 2.45) is 0 Å². The fourth-order valence-corrected chi connectivity index (χ4v) is 4.02. The summed E-state index contributed by atoms with van der Waals surface area (Å²) in [4.78, 5) is 36.0. The number of amides is 3. The number of imide groups is 1. The Morgan fingerprint density at radius 1 is 1.07 bits per heavy atom. The maximum Gasteiger partial charge on any atom is 0.253 e. The SMILES string of the molecule is CC1=[N+](CCCCCC(=O)NCCN2C(=O)C=CC2=O)c2ccccc2C1(C)C.[Br-]. The molecule has 0 aliphatic carbocycles. The molecular formula is C23H30BrN3O3. The summed E-state index contributed by atoms with van der Waals surface area (Å²) in [5, 5.41) is 2.79. The quantitative estimate of drug-likeness (QED) is 0.302. The number of unbranched alkanes of at least 4 members (excludes halogenated alkanes) is 2. The van der Waals surface area contributed by atoms with Gasteiger partial charge in [0.05, 0.1) is 5.41 Å². The summed E-state index contributed by atoms with van der Waals surface area (Å²) in [5.74, 6) is -0.668. The number of rotatable bonds is 9. The number of para-hydroxylation sites is 1. The number of halogens is 1. The minimum atomic E-state index is -0.317. The molecule has 3 rings (SSSR count). The summed E-state index contributed by atoms with van der Waals surface area (Å²) >= 11 is 0. The molecule has 162 valence electrons. The molecule has 7 heteroatoms. The van der Waals surface area contributed by atoms with Crippen LogP contribution in [-0.2, 0) is 19.8 Å². The first-order valence-electron chi connectivity index (χ1n) is 10.3. The van der Waals surface area contributed by atoms with E-state index in [1.54, 1.807) is 0 Å². The van der Waals surface area contributed by atoms with Gasteiger partial charge in [-0.05, 0) is 26.7 Å². The van der Waals surface area contributed by atoms with Gasteiger partial charge in [-0.3, -0.25) is 19.3 Å². The molecule has 0 radical (unpaired) electrons. The lowest BCUT2D eigenvalue weighted by Crippen LogP contribution is -3.00. The van der Waals surface area contributed by atoms with E-state index >= 15 is 0 Å². The second-order valence-corrected chi connectivity index (χ2v) is 8.20. The Balaban J connectivity index is 0.00000320. The summed E-state index contributed by atoms with van der Waals surface area (Å²) in [6, 6.07) is 8.58. The zero-order valence-corrected chi connectivity index (χ0v) is 19.5. The molecule has 1 N–H and O–H groups in total. The monoisotopic (exact) mass is 475 g/mol. The van der Waals surface area contributed by atoms with Gasteiger partial charge in [-0.1, -0.05) is 18.2 Å². The van der Waals surface area contributed by atoms with Crippen molar-refractivity contribution in [3.63, 3.8) is 0 Å². The molecule has 30 heavy (non-hydrogen) atoms. The minimum Gasteiger partial charge on any atom is -1.00 e. The number of hydrogen-bond acceptors (Lipinski definition) is 3. The molecule has 2 heterocycles. The molecule has 0 atom stereocenters. The largest absolute Gasteiger partial charge is 1.00 e. The average Bonchev–Trinajstić information content (AvgIpc) is 3.11. The summed E-state index contributed by atoms with van der Waals surface area (Å²) in [7, 11) is 0. The number of nitrogens with zero attached hydrogens (tertiary/aromatic N) is 2. The predicted octanol–water partition coefficient (Wildman–Crippen LogP) is -0.312. The molecule has 1 aromatic rings. The van der Waals surface area contributed by atoms with Gasteiger partial charge in [0.1, 0.15) is 6.54 Å². The van der Waals surface area contributed by atoms with Crippen LogP contribution in [-0.4, -0.2) is 52.5 Å². The van der Waals surface area contributed by atoms with Crippen LogP contribution in [0.4, 0.5) is 5.69 Å². The van der Waals surface area contributed by atoms with Crippen LogP contribution in [0.25, 0.3) is 0 Å². The maximum absolute atomic E-state index is 12.0. The van der Waals surface area contributed by atoms with E-state index in [-0.39, 0.29) is 46.7 Å². The van der Waals surface area contributed by atoms with Crippen LogP contribution in [0.3, 0.4) is 0 Å². The van der Waals surface area contributed by atoms with Gasteiger partial charge in [-0.2, -0.15) is 4.58 Å². The number of benzene rings is 1. The molecule has 2 aliphatic heterocycles. The zero-order chi connectivity index (χ0) is 21.0. The highest BCUT2D eigenvalue weighted by molar-refractivity contribution is 6.12. The van der Waals surface area contributed by atoms with E-state index in [0.29, 0.717) is 13.0 Å². The normalized spacial score (nSPS) is 16.7. The van der Waals surface area contributed by atoms with Crippen molar-refractivity contribution in [1.29, 1.82) is 0 Å². The Hall–Kier alpha value is -2.28. The van der Waals surface area contributed by atoms with E-state index in [0.717, 1.165) is 30.7 Å². The Morgan fingerprint density at radius 2 is 1.73 bits per heavy atom. The molecule has 2 aliphatic rings. The molecular weight excluding hydrogens is 446 g/mol. The van der Waals surface area contributed by atoms with Gasteiger partial charge in [0.25, 0.3) is 11.8 Å². The van der Waals surface area contributed by atoms with Gasteiger partial charge in [0, 0.05) is 56.6 Å². The first-order chi connectivity index (χ1) is 13.8. The number of carbonyl (C=O) groups is 3. The molecule has 0 bridgehead atoms. The molecule has 0 unspecified atom stereocenters. The van der Waals surface area contributed by atoms with Crippen molar-refractivity contribution in [2.75, 3.05) is 19.6 Å². The highest BCUT2D eigenvalue weighted by Crippen LogP contribution is 2.39. The van der Waals surface area contributed by atoms with Gasteiger partial charge >= 0.3 is 0 Å². The lowest BCUT2D eigenvalue weighted by atomic mass is 9.82. The molecule has 0 aromatic heterocycles. The van der Waals surface area contributed by atoms with E-state index in [2.05, 4.69) is 54.9 Å². The standard InChI is InChI=1S/C23H29N3O3.BrH/c1-17-23(2,3)18-9-6-7-10-19(18)25(17)15-8-4-5-11-20(27)24-14-16-26-21(28)12-13-22(26)29;/h6-7,9-10,12-13H,4-5,8,11,14-16H2,1-3H3;1H. The molecule has 6 nitrogen and oxygen atoms in total. The molecule has 3 amide bonds. The van der Waals surface area contributed by atoms with Crippen LogP contribution in [0.2, 0.25) is 0 Å². The molecule has 0 fully saturated rings. The number of carbonyl (C=O) groups excluding carboxylic acids is 3. The summed E-state index contributed by atoms with van der Waals surface area (Å²) in [5.41, 5.74) is 4.11. The lowest BCUT2D eigenvalue weighted by Gasteiger charge is -2.14. The lowest BCUT2D eigenvalue weighted by molar-refractivity contribution is -0.439. The highest BCUT2D eigenvalue weighted by atomic mass is 79.9. The van der Waals surface area contributed by atoms with Crippen molar-refractivity contribution in [2.45, 2.75) is 51.9 Å². The average molecular weight is 476 g/mol. The Kier molecular flexibility index (Phi) is 8.12. The molecule has 0 spiro atoms. The predicted molar refractivity (Wildman–Crippen MR) is 112 cm³/mol. The fraction of sp³-hybridized carbons (Fsp3) is 0.478. The van der Waals surface area contributed by atoms with E-state index < -0.39 is 0 Å². The summed E-state index contributed by atoms with van der Waals surface area (Å²) in [6.07, 6.45) is 5.80. The first kappa shape index (κ1) is 24.0. The smallest absolute Gasteiger partial charge is 0.253 e. The van der Waals surface area contributed by atoms with E-state index in [9.17, 15) is 14.4 Å². The fourth-order valence-electron chi connectivity index (χ4n) is 4.02. The van der Waals surface area contributed by atoms with Crippen molar-refractivity contribution in [3.05, 3.63) is 42.0 Å². The van der Waals surface area contributed by atoms with Crippen molar-refractivity contribution >= 4 is 29.1 Å². The molecule has 0 saturated carbocycles. The van der Waals surface area contributed by atoms with Gasteiger partial charge < -0.3 is 22.3 Å². The van der Waals surface area contributed by atoms with Crippen LogP contribution in [0, 0.1) is 0 Å². The highest BCUT2D eigenvalue weighted by Gasteiger charge is 2.42. The topological polar surface area (TPSA) is 69.5 Å². The third kappa shape index (κ3) is 5.06. The maximum atomic E-state index is 12.0. The second-order valence-electron chi connectivity index (χ2n) is 8.20. The van der Waals surface area contributed by atoms with Crippen molar-refractivity contribution in [3.8, 4) is 0 Å². The van der Waals surface area contributed by atoms with Crippen LogP contribution in [0.5, 0.6) is 0 Å².